The molecule has 3 heteroatoms. The minimum Gasteiger partial charge on any atom is -0.313 e. The van der Waals surface area contributed by atoms with Gasteiger partial charge in [0, 0.05) is 59.7 Å². The molecule has 0 bridgehead atoms. The van der Waals surface area contributed by atoms with E-state index in [2.05, 4.69) is 180 Å². The standard InChI is InChI=1S/C47H32N2S/c1-2-36-37-16-5-8-19-42(37)48(34-13-3-4-14-34)44(36)26-22-31-23-27-45-41(28-31)38-17-6-9-20-43(38)49(45)35-15-11-12-32(29-35)33-24-25-40-39-18-7-10-21-46(39)50-47(40)30-33/h2-13,15-30H,1,14H2. The fourth-order valence-corrected chi connectivity index (χ4v) is 9.00. The van der Waals surface area contributed by atoms with Crippen molar-refractivity contribution in [3.05, 3.63) is 175 Å². The molecule has 6 aromatic carbocycles. The van der Waals surface area contributed by atoms with Crippen LogP contribution in [0.15, 0.2) is 158 Å². The summed E-state index contributed by atoms with van der Waals surface area (Å²) in [7, 11) is 0. The lowest BCUT2D eigenvalue weighted by molar-refractivity contribution is 1.09. The van der Waals surface area contributed by atoms with Gasteiger partial charge in [0.25, 0.3) is 0 Å². The molecule has 0 saturated heterocycles. The molecule has 3 heterocycles. The Bertz CT molecular complexity index is 2920. The molecular formula is C47H32N2S. The number of hydrogen-bond acceptors (Lipinski definition) is 1. The molecule has 0 unspecified atom stereocenters. The number of allylic oxidation sites excluding steroid dienone is 4. The maximum absolute atomic E-state index is 4.21. The summed E-state index contributed by atoms with van der Waals surface area (Å²) in [4.78, 5) is 0. The SMILES string of the molecule is C=Cc1c(C=Cc2ccc3c(c2)c2ccccc2n3-c2cccc(-c3ccc4c(c3)sc3ccccc34)c2)n(C2=CC=CC2)c2ccccc12. The van der Waals surface area contributed by atoms with E-state index in [9.17, 15) is 0 Å². The molecule has 1 aliphatic rings. The van der Waals surface area contributed by atoms with Gasteiger partial charge in [-0.25, -0.2) is 0 Å². The largest absolute Gasteiger partial charge is 0.313 e. The predicted molar refractivity (Wildman–Crippen MR) is 218 cm³/mol. The highest BCUT2D eigenvalue weighted by atomic mass is 32.1. The first-order valence-corrected chi connectivity index (χ1v) is 17.9. The van der Waals surface area contributed by atoms with Crippen molar-refractivity contribution in [2.24, 2.45) is 0 Å². The van der Waals surface area contributed by atoms with E-state index in [1.165, 1.54) is 69.7 Å². The summed E-state index contributed by atoms with van der Waals surface area (Å²) < 4.78 is 7.45. The van der Waals surface area contributed by atoms with Crippen LogP contribution in [0.1, 0.15) is 23.2 Å². The van der Waals surface area contributed by atoms with Gasteiger partial charge in [-0.2, -0.15) is 0 Å². The first-order chi connectivity index (χ1) is 24.7. The van der Waals surface area contributed by atoms with Crippen molar-refractivity contribution < 1.29 is 0 Å². The number of benzene rings is 6. The molecule has 0 aliphatic heterocycles. The second kappa shape index (κ2) is 11.5. The molecule has 0 saturated carbocycles. The predicted octanol–water partition coefficient (Wildman–Crippen LogP) is 13.4. The third-order valence-electron chi connectivity index (χ3n) is 10.1. The molecule has 0 amide bonds. The van der Waals surface area contributed by atoms with Gasteiger partial charge >= 0.3 is 0 Å². The lowest BCUT2D eigenvalue weighted by Crippen LogP contribution is -1.97. The van der Waals surface area contributed by atoms with Crippen molar-refractivity contribution in [3.8, 4) is 16.8 Å². The van der Waals surface area contributed by atoms with Crippen molar-refractivity contribution >= 4 is 88.1 Å². The highest BCUT2D eigenvalue weighted by Crippen LogP contribution is 2.39. The van der Waals surface area contributed by atoms with Gasteiger partial charge in [-0.05, 0) is 77.4 Å². The average molecular weight is 657 g/mol. The van der Waals surface area contributed by atoms with Crippen LogP contribution in [0.3, 0.4) is 0 Å². The Hall–Kier alpha value is -6.16. The fraction of sp³-hybridized carbons (Fsp3) is 0.0213. The lowest BCUT2D eigenvalue weighted by atomic mass is 10.0. The van der Waals surface area contributed by atoms with Crippen molar-refractivity contribution in [2.75, 3.05) is 0 Å². The Balaban J connectivity index is 1.08. The van der Waals surface area contributed by atoms with Gasteiger partial charge < -0.3 is 9.13 Å². The molecule has 0 atom stereocenters. The van der Waals surface area contributed by atoms with Gasteiger partial charge in [-0.1, -0.05) is 116 Å². The van der Waals surface area contributed by atoms with E-state index in [0.717, 1.165) is 28.9 Å². The van der Waals surface area contributed by atoms with Gasteiger partial charge in [-0.15, -0.1) is 11.3 Å². The van der Waals surface area contributed by atoms with Gasteiger partial charge in [0.1, 0.15) is 0 Å². The van der Waals surface area contributed by atoms with Gasteiger partial charge in [-0.3, -0.25) is 0 Å². The van der Waals surface area contributed by atoms with Gasteiger partial charge in [0.2, 0.25) is 0 Å². The minimum atomic E-state index is 0.919. The molecule has 0 radical (unpaired) electrons. The van der Waals surface area contributed by atoms with Crippen LogP contribution in [0.5, 0.6) is 0 Å². The number of aromatic nitrogens is 2. The summed E-state index contributed by atoms with van der Waals surface area (Å²) >= 11 is 1.87. The maximum Gasteiger partial charge on any atom is 0.0541 e. The molecule has 2 nitrogen and oxygen atoms in total. The number of thiophene rings is 1. The van der Waals surface area contributed by atoms with Crippen LogP contribution < -0.4 is 0 Å². The Labute approximate surface area is 294 Å². The highest BCUT2D eigenvalue weighted by Gasteiger charge is 2.17. The summed E-state index contributed by atoms with van der Waals surface area (Å²) in [5, 5.41) is 6.37. The molecule has 3 aromatic heterocycles. The monoisotopic (exact) mass is 656 g/mol. The summed E-state index contributed by atoms with van der Waals surface area (Å²) in [6.45, 7) is 4.21. The van der Waals surface area contributed by atoms with Gasteiger partial charge in [0.05, 0.1) is 22.2 Å². The second-order valence-electron chi connectivity index (χ2n) is 13.0. The Morgan fingerprint density at radius 1 is 0.560 bits per heavy atom. The lowest BCUT2D eigenvalue weighted by Gasteiger charge is -2.11. The molecule has 0 fully saturated rings. The average Bonchev–Trinajstić information content (AvgIpc) is 3.96. The quantitative estimate of drug-likeness (QED) is 0.169. The molecule has 0 N–H and O–H groups in total. The molecular weight excluding hydrogens is 625 g/mol. The summed E-state index contributed by atoms with van der Waals surface area (Å²) in [5.41, 5.74) is 12.0. The fourth-order valence-electron chi connectivity index (χ4n) is 7.85. The number of para-hydroxylation sites is 2. The second-order valence-corrected chi connectivity index (χ2v) is 14.1. The van der Waals surface area contributed by atoms with Crippen LogP contribution in [0.4, 0.5) is 0 Å². The molecule has 1 aliphatic carbocycles. The third kappa shape index (κ3) is 4.48. The Kier molecular flexibility index (Phi) is 6.61. The first kappa shape index (κ1) is 28.8. The number of hydrogen-bond donors (Lipinski definition) is 0. The van der Waals surface area contributed by atoms with E-state index in [-0.39, 0.29) is 0 Å². The molecule has 236 valence electrons. The zero-order valence-electron chi connectivity index (χ0n) is 27.4. The maximum atomic E-state index is 4.21. The Morgan fingerprint density at radius 2 is 1.30 bits per heavy atom. The van der Waals surface area contributed by atoms with E-state index in [0.29, 0.717) is 0 Å². The van der Waals surface area contributed by atoms with E-state index in [1.807, 2.05) is 17.4 Å². The number of fused-ring (bicyclic) bond motifs is 7. The first-order valence-electron chi connectivity index (χ1n) is 17.1. The van der Waals surface area contributed by atoms with Crippen LogP contribution in [-0.2, 0) is 0 Å². The number of nitrogens with zero attached hydrogens (tertiary/aromatic N) is 2. The number of rotatable bonds is 6. The molecule has 50 heavy (non-hydrogen) atoms. The molecule has 9 aromatic rings. The van der Waals surface area contributed by atoms with Crippen LogP contribution in [-0.4, -0.2) is 9.13 Å². The van der Waals surface area contributed by atoms with E-state index < -0.39 is 0 Å². The van der Waals surface area contributed by atoms with Crippen molar-refractivity contribution in [1.29, 1.82) is 0 Å². The molecule has 0 spiro atoms. The van der Waals surface area contributed by atoms with E-state index >= 15 is 0 Å². The van der Waals surface area contributed by atoms with Crippen molar-refractivity contribution in [2.45, 2.75) is 6.42 Å². The third-order valence-corrected chi connectivity index (χ3v) is 11.3. The summed E-state index contributed by atoms with van der Waals surface area (Å²) in [6.07, 6.45) is 14.0. The topological polar surface area (TPSA) is 9.86 Å². The van der Waals surface area contributed by atoms with Crippen molar-refractivity contribution in [1.82, 2.24) is 9.13 Å². The van der Waals surface area contributed by atoms with Crippen LogP contribution in [0.2, 0.25) is 0 Å². The van der Waals surface area contributed by atoms with E-state index in [4.69, 9.17) is 0 Å². The van der Waals surface area contributed by atoms with Crippen LogP contribution >= 0.6 is 11.3 Å². The smallest absolute Gasteiger partial charge is 0.0541 e. The van der Waals surface area contributed by atoms with Gasteiger partial charge in [0.15, 0.2) is 0 Å². The molecule has 10 rings (SSSR count). The normalized spacial score (nSPS) is 13.2. The zero-order chi connectivity index (χ0) is 33.2. The van der Waals surface area contributed by atoms with Crippen LogP contribution in [0.25, 0.3) is 93.6 Å². The zero-order valence-corrected chi connectivity index (χ0v) is 28.2. The summed E-state index contributed by atoms with van der Waals surface area (Å²) in [5.74, 6) is 0. The summed E-state index contributed by atoms with van der Waals surface area (Å²) in [6, 6.07) is 48.8. The van der Waals surface area contributed by atoms with Crippen LogP contribution in [0, 0.1) is 0 Å². The minimum absolute atomic E-state index is 0.919. The van der Waals surface area contributed by atoms with Crippen molar-refractivity contribution in [3.63, 3.8) is 0 Å². The van der Waals surface area contributed by atoms with E-state index in [1.54, 1.807) is 0 Å². The Morgan fingerprint density at radius 3 is 2.14 bits per heavy atom. The highest BCUT2D eigenvalue weighted by molar-refractivity contribution is 7.25.